The van der Waals surface area contributed by atoms with E-state index < -0.39 is 10.9 Å². The number of aromatic nitrogens is 1. The lowest BCUT2D eigenvalue weighted by Gasteiger charge is -2.05. The number of pyridine rings is 1. The summed E-state index contributed by atoms with van der Waals surface area (Å²) < 4.78 is 0.460. The van der Waals surface area contributed by atoms with Gasteiger partial charge in [-0.25, -0.2) is 9.78 Å². The zero-order valence-corrected chi connectivity index (χ0v) is 13.3. The fourth-order valence-electron chi connectivity index (χ4n) is 1.43. The summed E-state index contributed by atoms with van der Waals surface area (Å²) in [6, 6.07) is 5.97. The number of nitrogens with zero attached hydrogens (tertiary/aromatic N) is 2. The molecule has 108 valence electrons. The standard InChI is InChI=1S/C12H6BrClN2O4S/c13-9-2-1-7(4-8(9)12(17)18)21-11-10(14)3-6(5-15-11)16(19)20/h1-5H,(H,17,18). The molecule has 0 spiro atoms. The van der Waals surface area contributed by atoms with Crippen molar-refractivity contribution >= 4 is 50.9 Å². The normalized spacial score (nSPS) is 10.4. The van der Waals surface area contributed by atoms with Crippen LogP contribution in [-0.4, -0.2) is 21.0 Å². The minimum absolute atomic E-state index is 0.109. The molecule has 2 aromatic rings. The van der Waals surface area contributed by atoms with E-state index in [1.807, 2.05) is 0 Å². The van der Waals surface area contributed by atoms with Gasteiger partial charge in [-0.2, -0.15) is 0 Å². The van der Waals surface area contributed by atoms with E-state index in [0.717, 1.165) is 18.0 Å². The first-order valence-corrected chi connectivity index (χ1v) is 7.38. The summed E-state index contributed by atoms with van der Waals surface area (Å²) in [5.74, 6) is -1.06. The lowest BCUT2D eigenvalue weighted by atomic mass is 10.2. The van der Waals surface area contributed by atoms with Crippen LogP contribution in [0, 0.1) is 10.1 Å². The Morgan fingerprint density at radius 2 is 2.14 bits per heavy atom. The Balaban J connectivity index is 2.32. The van der Waals surface area contributed by atoms with Gasteiger partial charge < -0.3 is 5.11 Å². The molecule has 6 nitrogen and oxygen atoms in total. The second-order valence-electron chi connectivity index (χ2n) is 3.79. The van der Waals surface area contributed by atoms with Crippen molar-refractivity contribution in [3.63, 3.8) is 0 Å². The minimum Gasteiger partial charge on any atom is -0.478 e. The molecule has 0 fully saturated rings. The molecule has 1 heterocycles. The molecule has 1 N–H and O–H groups in total. The average Bonchev–Trinajstić information content (AvgIpc) is 2.42. The number of nitro groups is 1. The van der Waals surface area contributed by atoms with Crippen molar-refractivity contribution in [3.8, 4) is 0 Å². The molecule has 2 rings (SSSR count). The van der Waals surface area contributed by atoms with Crippen LogP contribution in [0.4, 0.5) is 5.69 Å². The molecule has 1 aromatic heterocycles. The number of carbonyl (C=O) groups is 1. The van der Waals surface area contributed by atoms with Gasteiger partial charge in [0, 0.05) is 15.4 Å². The molecular formula is C12H6BrClN2O4S. The maximum absolute atomic E-state index is 11.1. The van der Waals surface area contributed by atoms with Crippen molar-refractivity contribution in [2.45, 2.75) is 9.92 Å². The van der Waals surface area contributed by atoms with Gasteiger partial charge in [-0.05, 0) is 34.1 Å². The van der Waals surface area contributed by atoms with Gasteiger partial charge in [0.25, 0.3) is 5.69 Å². The van der Waals surface area contributed by atoms with Crippen LogP contribution in [0.1, 0.15) is 10.4 Å². The average molecular weight is 390 g/mol. The van der Waals surface area contributed by atoms with E-state index in [2.05, 4.69) is 20.9 Å². The zero-order chi connectivity index (χ0) is 15.6. The Bertz CT molecular complexity index is 741. The molecule has 0 amide bonds. The monoisotopic (exact) mass is 388 g/mol. The predicted molar refractivity (Wildman–Crippen MR) is 81.1 cm³/mol. The van der Waals surface area contributed by atoms with Crippen molar-refractivity contribution in [2.75, 3.05) is 0 Å². The smallest absolute Gasteiger partial charge is 0.336 e. The summed E-state index contributed by atoms with van der Waals surface area (Å²) in [5.41, 5.74) is -0.0931. The van der Waals surface area contributed by atoms with Crippen LogP contribution in [-0.2, 0) is 0 Å². The summed E-state index contributed by atoms with van der Waals surface area (Å²) in [5, 5.41) is 20.2. The van der Waals surface area contributed by atoms with Crippen LogP contribution in [0.2, 0.25) is 5.02 Å². The van der Waals surface area contributed by atoms with Crippen LogP contribution >= 0.6 is 39.3 Å². The van der Waals surface area contributed by atoms with Crippen LogP contribution in [0.15, 0.2) is 44.9 Å². The highest BCUT2D eigenvalue weighted by atomic mass is 79.9. The Morgan fingerprint density at radius 3 is 2.71 bits per heavy atom. The molecule has 0 aliphatic carbocycles. The van der Waals surface area contributed by atoms with Gasteiger partial charge >= 0.3 is 5.97 Å². The topological polar surface area (TPSA) is 93.3 Å². The number of carboxylic acid groups (broad SMARTS) is 1. The molecule has 0 radical (unpaired) electrons. The summed E-state index contributed by atoms with van der Waals surface area (Å²) in [7, 11) is 0. The number of carboxylic acids is 1. The van der Waals surface area contributed by atoms with Crippen molar-refractivity contribution < 1.29 is 14.8 Å². The highest BCUT2D eigenvalue weighted by Gasteiger charge is 2.14. The second kappa shape index (κ2) is 6.42. The highest BCUT2D eigenvalue weighted by Crippen LogP contribution is 2.34. The van der Waals surface area contributed by atoms with Crippen molar-refractivity contribution in [3.05, 3.63) is 55.6 Å². The van der Waals surface area contributed by atoms with Gasteiger partial charge in [0.2, 0.25) is 0 Å². The van der Waals surface area contributed by atoms with E-state index in [0.29, 0.717) is 14.4 Å². The van der Waals surface area contributed by atoms with Gasteiger partial charge in [-0.1, -0.05) is 23.4 Å². The molecular weight excluding hydrogens is 384 g/mol. The van der Waals surface area contributed by atoms with E-state index in [1.54, 1.807) is 12.1 Å². The quantitative estimate of drug-likeness (QED) is 0.620. The number of benzene rings is 1. The van der Waals surface area contributed by atoms with Crippen molar-refractivity contribution in [1.82, 2.24) is 4.98 Å². The maximum Gasteiger partial charge on any atom is 0.336 e. The SMILES string of the molecule is O=C(O)c1cc(Sc2ncc([N+](=O)[O-])cc2Cl)ccc1Br. The molecule has 9 heteroatoms. The van der Waals surface area contributed by atoms with E-state index in [-0.39, 0.29) is 16.3 Å². The first kappa shape index (κ1) is 15.7. The fourth-order valence-corrected chi connectivity index (χ4v) is 2.92. The highest BCUT2D eigenvalue weighted by molar-refractivity contribution is 9.10. The molecule has 0 saturated carbocycles. The fraction of sp³-hybridized carbons (Fsp3) is 0. The van der Waals surface area contributed by atoms with Crippen LogP contribution in [0.5, 0.6) is 0 Å². The number of halogens is 2. The van der Waals surface area contributed by atoms with Crippen LogP contribution in [0.3, 0.4) is 0 Å². The molecule has 21 heavy (non-hydrogen) atoms. The third-order valence-corrected chi connectivity index (χ3v) is 4.49. The van der Waals surface area contributed by atoms with E-state index in [1.165, 1.54) is 12.1 Å². The predicted octanol–water partition coefficient (Wildman–Crippen LogP) is 4.26. The van der Waals surface area contributed by atoms with Crippen LogP contribution < -0.4 is 0 Å². The maximum atomic E-state index is 11.1. The lowest BCUT2D eigenvalue weighted by molar-refractivity contribution is -0.385. The summed E-state index contributed by atoms with van der Waals surface area (Å²) >= 11 is 10.2. The number of aromatic carboxylic acids is 1. The first-order valence-electron chi connectivity index (χ1n) is 5.39. The summed E-state index contributed by atoms with van der Waals surface area (Å²) in [6.07, 6.45) is 1.10. The van der Waals surface area contributed by atoms with Gasteiger partial charge in [0.05, 0.1) is 15.5 Å². The van der Waals surface area contributed by atoms with E-state index >= 15 is 0 Å². The number of rotatable bonds is 4. The Labute approximate surface area is 136 Å². The van der Waals surface area contributed by atoms with Gasteiger partial charge in [-0.15, -0.1) is 0 Å². The Kier molecular flexibility index (Phi) is 4.81. The van der Waals surface area contributed by atoms with Gasteiger partial charge in [0.15, 0.2) is 0 Å². The molecule has 1 aromatic carbocycles. The lowest BCUT2D eigenvalue weighted by Crippen LogP contribution is -1.97. The number of hydrogen-bond acceptors (Lipinski definition) is 5. The molecule has 0 atom stereocenters. The largest absolute Gasteiger partial charge is 0.478 e. The van der Waals surface area contributed by atoms with E-state index in [9.17, 15) is 14.9 Å². The molecule has 0 aliphatic rings. The van der Waals surface area contributed by atoms with Gasteiger partial charge in [0.1, 0.15) is 11.2 Å². The van der Waals surface area contributed by atoms with Gasteiger partial charge in [-0.3, -0.25) is 10.1 Å². The molecule has 0 aliphatic heterocycles. The Morgan fingerprint density at radius 1 is 1.43 bits per heavy atom. The third-order valence-electron chi connectivity index (χ3n) is 2.39. The molecule has 0 unspecified atom stereocenters. The Hall–Kier alpha value is -1.64. The second-order valence-corrected chi connectivity index (χ2v) is 6.11. The third kappa shape index (κ3) is 3.72. The van der Waals surface area contributed by atoms with Crippen molar-refractivity contribution in [1.29, 1.82) is 0 Å². The first-order chi connectivity index (χ1) is 9.88. The molecule has 0 bridgehead atoms. The van der Waals surface area contributed by atoms with Crippen molar-refractivity contribution in [2.24, 2.45) is 0 Å². The van der Waals surface area contributed by atoms with E-state index in [4.69, 9.17) is 16.7 Å². The summed E-state index contributed by atoms with van der Waals surface area (Å²) in [6.45, 7) is 0. The molecule has 0 saturated heterocycles. The summed E-state index contributed by atoms with van der Waals surface area (Å²) in [4.78, 5) is 25.6. The number of hydrogen-bond donors (Lipinski definition) is 1. The zero-order valence-electron chi connectivity index (χ0n) is 10.1. The minimum atomic E-state index is -1.06. The van der Waals surface area contributed by atoms with Crippen LogP contribution in [0.25, 0.3) is 0 Å².